The molecule has 31 heavy (non-hydrogen) atoms. The highest BCUT2D eigenvalue weighted by atomic mass is 16.6. The van der Waals surface area contributed by atoms with Crippen LogP contribution < -0.4 is 11.1 Å². The van der Waals surface area contributed by atoms with E-state index in [9.17, 15) is 14.9 Å². The van der Waals surface area contributed by atoms with Crippen molar-refractivity contribution in [1.82, 2.24) is 14.9 Å². The molecule has 1 aliphatic rings. The molecule has 1 unspecified atom stereocenters. The summed E-state index contributed by atoms with van der Waals surface area (Å²) in [5.74, 6) is 0.00513. The summed E-state index contributed by atoms with van der Waals surface area (Å²) in [5, 5.41) is 15.4. The van der Waals surface area contributed by atoms with E-state index in [4.69, 9.17) is 5.73 Å². The van der Waals surface area contributed by atoms with E-state index in [-0.39, 0.29) is 16.7 Å². The first-order chi connectivity index (χ1) is 15.0. The molecule has 2 aromatic carbocycles. The normalized spacial score (nSPS) is 15.1. The number of para-hydroxylation sites is 1. The van der Waals surface area contributed by atoms with Crippen molar-refractivity contribution < 1.29 is 9.72 Å². The number of carbonyl (C=O) groups is 1. The number of hydrogen-bond acceptors (Lipinski definition) is 7. The number of nitrogens with zero attached hydrogens (tertiary/aromatic N) is 4. The van der Waals surface area contributed by atoms with E-state index in [0.29, 0.717) is 22.3 Å². The van der Waals surface area contributed by atoms with Crippen LogP contribution in [0, 0.1) is 10.1 Å². The zero-order chi connectivity index (χ0) is 21.8. The van der Waals surface area contributed by atoms with E-state index >= 15 is 0 Å². The predicted octanol–water partition coefficient (Wildman–Crippen LogP) is 3.28. The topological polar surface area (TPSA) is 127 Å². The van der Waals surface area contributed by atoms with Crippen molar-refractivity contribution >= 4 is 28.3 Å². The van der Waals surface area contributed by atoms with E-state index in [2.05, 4.69) is 20.2 Å². The number of benzene rings is 2. The summed E-state index contributed by atoms with van der Waals surface area (Å²) in [7, 11) is 0. The predicted molar refractivity (Wildman–Crippen MR) is 118 cm³/mol. The van der Waals surface area contributed by atoms with Crippen molar-refractivity contribution in [1.29, 1.82) is 0 Å². The fourth-order valence-corrected chi connectivity index (χ4v) is 4.06. The molecule has 160 valence electrons. The number of rotatable bonds is 8. The average molecular weight is 420 g/mol. The number of hydrogen-bond donors (Lipinski definition) is 2. The van der Waals surface area contributed by atoms with Crippen molar-refractivity contribution in [3.05, 3.63) is 70.0 Å². The summed E-state index contributed by atoms with van der Waals surface area (Å²) in [4.78, 5) is 33.7. The number of primary amides is 1. The van der Waals surface area contributed by atoms with Crippen LogP contribution in [0.2, 0.25) is 0 Å². The van der Waals surface area contributed by atoms with Crippen molar-refractivity contribution in [3.63, 3.8) is 0 Å². The average Bonchev–Trinajstić information content (AvgIpc) is 3.30. The van der Waals surface area contributed by atoms with Gasteiger partial charge < -0.3 is 16.0 Å². The van der Waals surface area contributed by atoms with Gasteiger partial charge in [0.25, 0.3) is 11.6 Å². The van der Waals surface area contributed by atoms with Gasteiger partial charge in [-0.1, -0.05) is 18.2 Å². The van der Waals surface area contributed by atoms with E-state index in [1.165, 1.54) is 25.2 Å². The standard InChI is InChI=1S/C22H24N6O3/c23-21(29)17-7-4-8-18-20(17)24-14-25-22(18)26-19(9-12-27-10-1-2-11-27)15-5-3-6-16(13-15)28(30)31/h3-8,13-14,19H,1-2,9-12H2,(H2,23,29)(H,24,25,26). The molecule has 4 rings (SSSR count). The van der Waals surface area contributed by atoms with Gasteiger partial charge in [0.1, 0.15) is 12.1 Å². The van der Waals surface area contributed by atoms with Gasteiger partial charge in [-0.25, -0.2) is 9.97 Å². The molecule has 1 amide bonds. The molecule has 1 aliphatic heterocycles. The molecule has 1 atom stereocenters. The minimum absolute atomic E-state index is 0.0500. The number of nitrogens with two attached hydrogens (primary N) is 1. The van der Waals surface area contributed by atoms with Crippen LogP contribution in [0.15, 0.2) is 48.8 Å². The van der Waals surface area contributed by atoms with E-state index in [0.717, 1.165) is 31.6 Å². The Labute approximate surface area is 179 Å². The van der Waals surface area contributed by atoms with Crippen LogP contribution >= 0.6 is 0 Å². The molecule has 0 spiro atoms. The molecule has 2 heterocycles. The van der Waals surface area contributed by atoms with Crippen LogP contribution in [-0.4, -0.2) is 45.3 Å². The van der Waals surface area contributed by atoms with E-state index in [1.54, 1.807) is 24.3 Å². The van der Waals surface area contributed by atoms with Gasteiger partial charge in [0.2, 0.25) is 0 Å². The molecule has 1 saturated heterocycles. The SMILES string of the molecule is NC(=O)c1cccc2c(NC(CCN3CCCC3)c3cccc([N+](=O)[O-])c3)ncnc12. The molecule has 9 heteroatoms. The lowest BCUT2D eigenvalue weighted by molar-refractivity contribution is -0.384. The highest BCUT2D eigenvalue weighted by molar-refractivity contribution is 6.06. The summed E-state index contributed by atoms with van der Waals surface area (Å²) in [6.45, 7) is 3.01. The van der Waals surface area contributed by atoms with Crippen LogP contribution in [0.25, 0.3) is 10.9 Å². The monoisotopic (exact) mass is 420 g/mol. The van der Waals surface area contributed by atoms with Gasteiger partial charge in [-0.15, -0.1) is 0 Å². The second kappa shape index (κ2) is 9.05. The third-order valence-electron chi connectivity index (χ3n) is 5.66. The molecule has 3 N–H and O–H groups in total. The summed E-state index contributed by atoms with van der Waals surface area (Å²) in [5.41, 5.74) is 7.16. The molecule has 0 bridgehead atoms. The number of nitro benzene ring substituents is 1. The Bertz CT molecular complexity index is 1110. The summed E-state index contributed by atoms with van der Waals surface area (Å²) < 4.78 is 0. The van der Waals surface area contributed by atoms with Crippen molar-refractivity contribution in [2.75, 3.05) is 25.0 Å². The van der Waals surface area contributed by atoms with Crippen molar-refractivity contribution in [2.24, 2.45) is 5.73 Å². The zero-order valence-corrected chi connectivity index (χ0v) is 17.0. The second-order valence-corrected chi connectivity index (χ2v) is 7.67. The third kappa shape index (κ3) is 4.61. The molecule has 1 fully saturated rings. The number of non-ortho nitro benzene ring substituents is 1. The number of fused-ring (bicyclic) bond motifs is 1. The van der Waals surface area contributed by atoms with Crippen LogP contribution in [-0.2, 0) is 0 Å². The highest BCUT2D eigenvalue weighted by Gasteiger charge is 2.20. The maximum atomic E-state index is 11.8. The fraction of sp³-hybridized carbons (Fsp3) is 0.318. The molecule has 0 radical (unpaired) electrons. The van der Waals surface area contributed by atoms with Gasteiger partial charge in [-0.2, -0.15) is 0 Å². The van der Waals surface area contributed by atoms with Gasteiger partial charge in [0.05, 0.1) is 22.0 Å². The minimum Gasteiger partial charge on any atom is -0.366 e. The molecular formula is C22H24N6O3. The fourth-order valence-electron chi connectivity index (χ4n) is 4.06. The maximum Gasteiger partial charge on any atom is 0.269 e. The van der Waals surface area contributed by atoms with Gasteiger partial charge in [0.15, 0.2) is 0 Å². The largest absolute Gasteiger partial charge is 0.366 e. The summed E-state index contributed by atoms with van der Waals surface area (Å²) >= 11 is 0. The highest BCUT2D eigenvalue weighted by Crippen LogP contribution is 2.29. The number of likely N-dealkylation sites (tertiary alicyclic amines) is 1. The second-order valence-electron chi connectivity index (χ2n) is 7.67. The van der Waals surface area contributed by atoms with Crippen LogP contribution in [0.5, 0.6) is 0 Å². The third-order valence-corrected chi connectivity index (χ3v) is 5.66. The first kappa shape index (κ1) is 20.7. The molecule has 0 aliphatic carbocycles. The minimum atomic E-state index is -0.556. The Morgan fingerprint density at radius 2 is 1.97 bits per heavy atom. The quantitative estimate of drug-likeness (QED) is 0.423. The number of anilines is 1. The van der Waals surface area contributed by atoms with Crippen LogP contribution in [0.4, 0.5) is 11.5 Å². The van der Waals surface area contributed by atoms with Gasteiger partial charge in [-0.05, 0) is 50.0 Å². The Kier molecular flexibility index (Phi) is 6.03. The number of nitro groups is 1. The molecule has 1 aromatic heterocycles. The number of carbonyl (C=O) groups excluding carboxylic acids is 1. The van der Waals surface area contributed by atoms with Crippen LogP contribution in [0.3, 0.4) is 0 Å². The Morgan fingerprint density at radius 3 is 2.71 bits per heavy atom. The number of aromatic nitrogens is 2. The Balaban J connectivity index is 1.68. The van der Waals surface area contributed by atoms with Gasteiger partial charge in [0, 0.05) is 24.1 Å². The summed E-state index contributed by atoms with van der Waals surface area (Å²) in [6.07, 6.45) is 4.53. The van der Waals surface area contributed by atoms with Crippen LogP contribution in [0.1, 0.15) is 41.2 Å². The first-order valence-corrected chi connectivity index (χ1v) is 10.3. The lowest BCUT2D eigenvalue weighted by Gasteiger charge is -2.23. The van der Waals surface area contributed by atoms with Crippen molar-refractivity contribution in [2.45, 2.75) is 25.3 Å². The first-order valence-electron chi connectivity index (χ1n) is 10.3. The molecule has 3 aromatic rings. The number of amides is 1. The van der Waals surface area contributed by atoms with E-state index < -0.39 is 5.91 Å². The van der Waals surface area contributed by atoms with Crippen molar-refractivity contribution in [3.8, 4) is 0 Å². The lowest BCUT2D eigenvalue weighted by Crippen LogP contribution is -2.24. The Hall–Kier alpha value is -3.59. The molecule has 9 nitrogen and oxygen atoms in total. The summed E-state index contributed by atoms with van der Waals surface area (Å²) in [6, 6.07) is 11.7. The molecular weight excluding hydrogens is 396 g/mol. The van der Waals surface area contributed by atoms with Gasteiger partial charge >= 0.3 is 0 Å². The number of nitrogens with one attached hydrogen (secondary N) is 1. The lowest BCUT2D eigenvalue weighted by atomic mass is 10.0. The maximum absolute atomic E-state index is 11.8. The zero-order valence-electron chi connectivity index (χ0n) is 17.0. The molecule has 0 saturated carbocycles. The Morgan fingerprint density at radius 1 is 1.19 bits per heavy atom. The van der Waals surface area contributed by atoms with Gasteiger partial charge in [-0.3, -0.25) is 14.9 Å². The smallest absolute Gasteiger partial charge is 0.269 e. The van der Waals surface area contributed by atoms with E-state index in [1.807, 2.05) is 12.1 Å².